The van der Waals surface area contributed by atoms with Crippen LogP contribution in [0.25, 0.3) is 10.9 Å². The van der Waals surface area contributed by atoms with Crippen LogP contribution in [-0.4, -0.2) is 40.8 Å². The first-order valence-electron chi connectivity index (χ1n) is 9.22. The molecule has 152 valence electrons. The van der Waals surface area contributed by atoms with Crippen molar-refractivity contribution < 1.29 is 14.6 Å². The number of pyridine rings is 1. The van der Waals surface area contributed by atoms with Crippen molar-refractivity contribution in [3.05, 3.63) is 69.5 Å². The van der Waals surface area contributed by atoms with E-state index in [1.54, 1.807) is 42.5 Å². The van der Waals surface area contributed by atoms with Gasteiger partial charge in [0, 0.05) is 23.0 Å². The number of para-hydroxylation sites is 1. The van der Waals surface area contributed by atoms with E-state index in [9.17, 15) is 14.7 Å². The predicted octanol–water partition coefficient (Wildman–Crippen LogP) is 3.61. The van der Waals surface area contributed by atoms with Crippen LogP contribution in [0, 0.1) is 0 Å². The number of carbonyl (C=O) groups is 1. The molecule has 0 spiro atoms. The number of rotatable bonds is 7. The smallest absolute Gasteiger partial charge is 0.322 e. The van der Waals surface area contributed by atoms with Crippen LogP contribution >= 0.6 is 11.6 Å². The van der Waals surface area contributed by atoms with Crippen LogP contribution in [0.4, 0.5) is 10.5 Å². The lowest BCUT2D eigenvalue weighted by Crippen LogP contribution is -2.38. The number of anilines is 1. The second kappa shape index (κ2) is 9.45. The van der Waals surface area contributed by atoms with Crippen LogP contribution in [0.1, 0.15) is 12.5 Å². The first-order valence-corrected chi connectivity index (χ1v) is 9.59. The molecule has 2 aromatic carbocycles. The molecule has 8 heteroatoms. The summed E-state index contributed by atoms with van der Waals surface area (Å²) in [5.41, 5.74) is 1.23. The minimum atomic E-state index is -0.463. The molecule has 1 aromatic heterocycles. The van der Waals surface area contributed by atoms with Gasteiger partial charge in [-0.05, 0) is 43.3 Å². The standard InChI is InChI=1S/C21H22ClN3O4/c1-2-29-16-7-8-18-14(12-16)11-15(20(27)23-18)13-25(9-10-26)21(28)24-19-6-4-3-5-17(19)22/h3-8,11-12,26H,2,9-10,13H2,1H3,(H,23,27)(H,24,28). The molecule has 0 bridgehead atoms. The maximum atomic E-state index is 12.7. The quantitative estimate of drug-likeness (QED) is 0.549. The van der Waals surface area contributed by atoms with E-state index >= 15 is 0 Å². The number of fused-ring (bicyclic) bond motifs is 1. The summed E-state index contributed by atoms with van der Waals surface area (Å²) in [5, 5.41) is 13.3. The number of amides is 2. The van der Waals surface area contributed by atoms with Gasteiger partial charge in [-0.1, -0.05) is 23.7 Å². The molecule has 0 aliphatic carbocycles. The van der Waals surface area contributed by atoms with E-state index in [4.69, 9.17) is 16.3 Å². The number of hydrogen-bond donors (Lipinski definition) is 3. The van der Waals surface area contributed by atoms with Gasteiger partial charge >= 0.3 is 6.03 Å². The third kappa shape index (κ3) is 5.07. The Morgan fingerprint density at radius 1 is 1.24 bits per heavy atom. The highest BCUT2D eigenvalue weighted by molar-refractivity contribution is 6.33. The number of aromatic nitrogens is 1. The summed E-state index contributed by atoms with van der Waals surface area (Å²) < 4.78 is 5.51. The van der Waals surface area contributed by atoms with Crippen LogP contribution in [0.15, 0.2) is 53.3 Å². The molecule has 1 heterocycles. The average Bonchev–Trinajstić information content (AvgIpc) is 2.70. The highest BCUT2D eigenvalue weighted by Crippen LogP contribution is 2.22. The molecule has 0 atom stereocenters. The van der Waals surface area contributed by atoms with Gasteiger partial charge in [0.25, 0.3) is 5.56 Å². The van der Waals surface area contributed by atoms with Gasteiger partial charge in [0.05, 0.1) is 30.5 Å². The Hall–Kier alpha value is -3.03. The van der Waals surface area contributed by atoms with E-state index in [0.29, 0.717) is 34.1 Å². The summed E-state index contributed by atoms with van der Waals surface area (Å²) in [4.78, 5) is 29.3. The van der Waals surface area contributed by atoms with Gasteiger partial charge in [0.2, 0.25) is 0 Å². The summed E-state index contributed by atoms with van der Waals surface area (Å²) in [6, 6.07) is 13.5. The number of urea groups is 1. The normalized spacial score (nSPS) is 10.7. The van der Waals surface area contributed by atoms with Crippen molar-refractivity contribution in [1.82, 2.24) is 9.88 Å². The van der Waals surface area contributed by atoms with Gasteiger partial charge < -0.3 is 25.0 Å². The third-order valence-corrected chi connectivity index (χ3v) is 4.67. The Kier molecular flexibility index (Phi) is 6.74. The Morgan fingerprint density at radius 2 is 2.03 bits per heavy atom. The zero-order chi connectivity index (χ0) is 20.8. The molecule has 0 saturated heterocycles. The minimum Gasteiger partial charge on any atom is -0.494 e. The molecule has 3 rings (SSSR count). The molecule has 3 aromatic rings. The predicted molar refractivity (Wildman–Crippen MR) is 114 cm³/mol. The Morgan fingerprint density at radius 3 is 2.76 bits per heavy atom. The number of ether oxygens (including phenoxy) is 1. The van der Waals surface area contributed by atoms with Crippen molar-refractivity contribution >= 4 is 34.2 Å². The van der Waals surface area contributed by atoms with Gasteiger partial charge in [-0.2, -0.15) is 0 Å². The number of carbonyl (C=O) groups excluding carboxylic acids is 1. The summed E-state index contributed by atoms with van der Waals surface area (Å²) in [6.07, 6.45) is 0. The number of benzene rings is 2. The fourth-order valence-electron chi connectivity index (χ4n) is 2.94. The highest BCUT2D eigenvalue weighted by atomic mass is 35.5. The molecular formula is C21H22ClN3O4. The fourth-order valence-corrected chi connectivity index (χ4v) is 3.12. The molecular weight excluding hydrogens is 394 g/mol. The number of aromatic amines is 1. The minimum absolute atomic E-state index is 0.0288. The van der Waals surface area contributed by atoms with Crippen molar-refractivity contribution in [2.75, 3.05) is 25.1 Å². The van der Waals surface area contributed by atoms with Gasteiger partial charge in [-0.15, -0.1) is 0 Å². The summed E-state index contributed by atoms with van der Waals surface area (Å²) >= 11 is 6.09. The summed E-state index contributed by atoms with van der Waals surface area (Å²) in [5.74, 6) is 0.696. The number of nitrogens with zero attached hydrogens (tertiary/aromatic N) is 1. The van der Waals surface area contributed by atoms with Crippen molar-refractivity contribution in [3.8, 4) is 5.75 Å². The molecule has 29 heavy (non-hydrogen) atoms. The molecule has 2 amide bonds. The van der Waals surface area contributed by atoms with E-state index in [1.165, 1.54) is 4.90 Å². The van der Waals surface area contributed by atoms with Crippen LogP contribution in [0.3, 0.4) is 0 Å². The van der Waals surface area contributed by atoms with E-state index in [-0.39, 0.29) is 25.3 Å². The van der Waals surface area contributed by atoms with Crippen LogP contribution in [0.2, 0.25) is 5.02 Å². The molecule has 0 aliphatic rings. The summed E-state index contributed by atoms with van der Waals surface area (Å²) in [6.45, 7) is 2.28. The number of aliphatic hydroxyl groups excluding tert-OH is 1. The van der Waals surface area contributed by atoms with Gasteiger partial charge in [0.15, 0.2) is 0 Å². The van der Waals surface area contributed by atoms with Crippen molar-refractivity contribution in [2.45, 2.75) is 13.5 Å². The molecule has 0 radical (unpaired) electrons. The van der Waals surface area contributed by atoms with Crippen molar-refractivity contribution in [1.29, 1.82) is 0 Å². The second-order valence-corrected chi connectivity index (χ2v) is 6.77. The van der Waals surface area contributed by atoms with Crippen LogP contribution in [0.5, 0.6) is 5.75 Å². The molecule has 3 N–H and O–H groups in total. The Labute approximate surface area is 172 Å². The lowest BCUT2D eigenvalue weighted by atomic mass is 10.1. The Balaban J connectivity index is 1.86. The zero-order valence-corrected chi connectivity index (χ0v) is 16.7. The molecule has 0 fully saturated rings. The highest BCUT2D eigenvalue weighted by Gasteiger charge is 2.17. The molecule has 0 unspecified atom stereocenters. The summed E-state index contributed by atoms with van der Waals surface area (Å²) in [7, 11) is 0. The number of H-pyrrole nitrogens is 1. The fraction of sp³-hybridized carbons (Fsp3) is 0.238. The van der Waals surface area contributed by atoms with Gasteiger partial charge in [0.1, 0.15) is 5.75 Å². The largest absolute Gasteiger partial charge is 0.494 e. The Bertz CT molecular complexity index is 1070. The lowest BCUT2D eigenvalue weighted by Gasteiger charge is -2.22. The van der Waals surface area contributed by atoms with Crippen molar-refractivity contribution in [3.63, 3.8) is 0 Å². The first kappa shape index (κ1) is 20.7. The van der Waals surface area contributed by atoms with Crippen molar-refractivity contribution in [2.24, 2.45) is 0 Å². The molecule has 0 saturated carbocycles. The van der Waals surface area contributed by atoms with Gasteiger partial charge in [-0.25, -0.2) is 4.79 Å². The maximum Gasteiger partial charge on any atom is 0.322 e. The number of nitrogens with one attached hydrogen (secondary N) is 2. The van der Waals surface area contributed by atoms with E-state index < -0.39 is 6.03 Å². The van der Waals surface area contributed by atoms with E-state index in [1.807, 2.05) is 13.0 Å². The number of aliphatic hydroxyl groups is 1. The zero-order valence-electron chi connectivity index (χ0n) is 15.9. The topological polar surface area (TPSA) is 94.7 Å². The van der Waals surface area contributed by atoms with E-state index in [0.717, 1.165) is 5.39 Å². The third-order valence-electron chi connectivity index (χ3n) is 4.34. The maximum absolute atomic E-state index is 12.7. The van der Waals surface area contributed by atoms with Gasteiger partial charge in [-0.3, -0.25) is 4.79 Å². The average molecular weight is 416 g/mol. The second-order valence-electron chi connectivity index (χ2n) is 6.36. The monoisotopic (exact) mass is 415 g/mol. The first-order chi connectivity index (χ1) is 14.0. The molecule has 0 aliphatic heterocycles. The number of halogens is 1. The van der Waals surface area contributed by atoms with E-state index in [2.05, 4.69) is 10.3 Å². The van der Waals surface area contributed by atoms with Crippen LogP contribution in [-0.2, 0) is 6.54 Å². The number of hydrogen-bond acceptors (Lipinski definition) is 4. The van der Waals surface area contributed by atoms with Crippen LogP contribution < -0.4 is 15.6 Å². The molecule has 7 nitrogen and oxygen atoms in total. The lowest BCUT2D eigenvalue weighted by molar-refractivity contribution is 0.185. The SMILES string of the molecule is CCOc1ccc2[nH]c(=O)c(CN(CCO)C(=O)Nc3ccccc3Cl)cc2c1.